The summed E-state index contributed by atoms with van der Waals surface area (Å²) in [6.07, 6.45) is 4.75. The Hall–Kier alpha value is -2.86. The molecule has 1 aliphatic rings. The molecule has 0 bridgehead atoms. The third-order valence-electron chi connectivity index (χ3n) is 5.01. The Kier molecular flexibility index (Phi) is 6.10. The predicted molar refractivity (Wildman–Crippen MR) is 116 cm³/mol. The van der Waals surface area contributed by atoms with Gasteiger partial charge in [0.15, 0.2) is 11.8 Å². The van der Waals surface area contributed by atoms with Crippen LogP contribution in [0.4, 0.5) is 10.2 Å². The summed E-state index contributed by atoms with van der Waals surface area (Å²) in [6, 6.07) is 16.3. The Morgan fingerprint density at radius 1 is 1.10 bits per heavy atom. The summed E-state index contributed by atoms with van der Waals surface area (Å²) in [4.78, 5) is 4.72. The first kappa shape index (κ1) is 19.5. The molecule has 1 aliphatic carbocycles. The minimum absolute atomic E-state index is 0.260. The van der Waals surface area contributed by atoms with Gasteiger partial charge in [0.05, 0.1) is 12.2 Å². The Bertz CT molecular complexity index is 960. The molecule has 29 heavy (non-hydrogen) atoms. The molecule has 5 nitrogen and oxygen atoms in total. The van der Waals surface area contributed by atoms with E-state index in [1.165, 1.54) is 25.0 Å². The van der Waals surface area contributed by atoms with E-state index in [9.17, 15) is 4.39 Å². The third-order valence-corrected chi connectivity index (χ3v) is 5.26. The van der Waals surface area contributed by atoms with Crippen LogP contribution < -0.4 is 10.6 Å². The minimum Gasteiger partial charge on any atom is -0.353 e. The molecule has 0 atom stereocenters. The summed E-state index contributed by atoms with van der Waals surface area (Å²) in [5.74, 6) is 1.10. The van der Waals surface area contributed by atoms with Crippen LogP contribution in [-0.2, 0) is 6.54 Å². The normalized spacial score (nSPS) is 14.9. The molecule has 0 unspecified atom stereocenters. The molecule has 0 radical (unpaired) electrons. The highest BCUT2D eigenvalue weighted by Crippen LogP contribution is 2.21. The van der Waals surface area contributed by atoms with Gasteiger partial charge in [-0.25, -0.2) is 9.38 Å². The number of hydrogen-bond acceptors (Lipinski definition) is 2. The SMILES string of the molecule is Fc1ccc(-c2cc(N/C(=N\Cc3ccc(Cl)cc3)NC3CCCC3)n[nH]2)cc1. The van der Waals surface area contributed by atoms with Crippen molar-refractivity contribution in [1.82, 2.24) is 15.5 Å². The van der Waals surface area contributed by atoms with Crippen molar-refractivity contribution in [1.29, 1.82) is 0 Å². The number of H-pyrrole nitrogens is 1. The summed E-state index contributed by atoms with van der Waals surface area (Å²) in [7, 11) is 0. The van der Waals surface area contributed by atoms with Gasteiger partial charge in [0, 0.05) is 17.1 Å². The zero-order valence-electron chi connectivity index (χ0n) is 16.0. The van der Waals surface area contributed by atoms with Crippen LogP contribution in [-0.4, -0.2) is 22.2 Å². The van der Waals surface area contributed by atoms with Gasteiger partial charge in [0.2, 0.25) is 0 Å². The van der Waals surface area contributed by atoms with Gasteiger partial charge < -0.3 is 10.6 Å². The van der Waals surface area contributed by atoms with E-state index in [-0.39, 0.29) is 5.82 Å². The van der Waals surface area contributed by atoms with Crippen molar-refractivity contribution in [2.24, 2.45) is 4.99 Å². The Balaban J connectivity index is 1.49. The first-order valence-corrected chi connectivity index (χ1v) is 10.2. The van der Waals surface area contributed by atoms with Gasteiger partial charge in [-0.05, 0) is 60.4 Å². The number of nitrogens with one attached hydrogen (secondary N) is 3. The summed E-state index contributed by atoms with van der Waals surface area (Å²) >= 11 is 5.96. The predicted octanol–water partition coefficient (Wildman–Crippen LogP) is 5.37. The van der Waals surface area contributed by atoms with E-state index in [0.29, 0.717) is 29.4 Å². The summed E-state index contributed by atoms with van der Waals surface area (Å²) in [5.41, 5.74) is 2.76. The second-order valence-electron chi connectivity index (χ2n) is 7.22. The molecule has 1 heterocycles. The maximum Gasteiger partial charge on any atom is 0.197 e. The molecule has 7 heteroatoms. The summed E-state index contributed by atoms with van der Waals surface area (Å²) in [6.45, 7) is 0.536. The first-order valence-electron chi connectivity index (χ1n) is 9.79. The Labute approximate surface area is 174 Å². The highest BCUT2D eigenvalue weighted by molar-refractivity contribution is 6.30. The van der Waals surface area contributed by atoms with E-state index in [4.69, 9.17) is 16.6 Å². The number of benzene rings is 2. The largest absolute Gasteiger partial charge is 0.353 e. The number of anilines is 1. The highest BCUT2D eigenvalue weighted by atomic mass is 35.5. The number of hydrogen-bond donors (Lipinski definition) is 3. The minimum atomic E-state index is -0.260. The lowest BCUT2D eigenvalue weighted by Gasteiger charge is -2.16. The van der Waals surface area contributed by atoms with E-state index in [2.05, 4.69) is 20.8 Å². The molecular formula is C22H23ClFN5. The van der Waals surface area contributed by atoms with Crippen LogP contribution >= 0.6 is 11.6 Å². The first-order chi connectivity index (χ1) is 14.2. The Morgan fingerprint density at radius 2 is 1.83 bits per heavy atom. The number of aliphatic imine (C=N–C) groups is 1. The molecule has 4 rings (SSSR count). The maximum absolute atomic E-state index is 13.2. The molecule has 3 N–H and O–H groups in total. The molecular weight excluding hydrogens is 389 g/mol. The van der Waals surface area contributed by atoms with Gasteiger partial charge in [-0.1, -0.05) is 36.6 Å². The summed E-state index contributed by atoms with van der Waals surface area (Å²) in [5, 5.41) is 14.8. The molecule has 1 saturated carbocycles. The standard InChI is InChI=1S/C22H23ClFN5/c23-17-9-5-15(6-10-17)14-25-22(26-19-3-1-2-4-19)27-21-13-20(28-29-21)16-7-11-18(24)12-8-16/h5-13,19H,1-4,14H2,(H3,25,26,27,28,29). The van der Waals surface area contributed by atoms with Gasteiger partial charge in [-0.2, -0.15) is 5.10 Å². The van der Waals surface area contributed by atoms with E-state index < -0.39 is 0 Å². The molecule has 150 valence electrons. The fourth-order valence-corrected chi connectivity index (χ4v) is 3.56. The quantitative estimate of drug-likeness (QED) is 0.390. The monoisotopic (exact) mass is 411 g/mol. The third kappa shape index (κ3) is 5.35. The molecule has 3 aromatic rings. The van der Waals surface area contributed by atoms with E-state index in [1.54, 1.807) is 12.1 Å². The fourth-order valence-electron chi connectivity index (χ4n) is 3.43. The van der Waals surface area contributed by atoms with Crippen molar-refractivity contribution in [3.05, 3.63) is 71.0 Å². The molecule has 1 aromatic heterocycles. The number of nitrogens with zero attached hydrogens (tertiary/aromatic N) is 2. The smallest absolute Gasteiger partial charge is 0.197 e. The van der Waals surface area contributed by atoms with Crippen molar-refractivity contribution in [2.45, 2.75) is 38.3 Å². The van der Waals surface area contributed by atoms with Crippen molar-refractivity contribution in [2.75, 3.05) is 5.32 Å². The van der Waals surface area contributed by atoms with Crippen molar-refractivity contribution in [3.63, 3.8) is 0 Å². The molecule has 0 amide bonds. The van der Waals surface area contributed by atoms with Gasteiger partial charge in [-0.3, -0.25) is 5.10 Å². The summed E-state index contributed by atoms with van der Waals surface area (Å²) < 4.78 is 13.2. The second-order valence-corrected chi connectivity index (χ2v) is 7.65. The maximum atomic E-state index is 13.2. The van der Waals surface area contributed by atoms with Gasteiger partial charge in [-0.15, -0.1) is 0 Å². The number of aromatic nitrogens is 2. The lowest BCUT2D eigenvalue weighted by Crippen LogP contribution is -2.37. The topological polar surface area (TPSA) is 65.1 Å². The molecule has 0 spiro atoms. The number of aromatic amines is 1. The lowest BCUT2D eigenvalue weighted by atomic mass is 10.1. The van der Waals surface area contributed by atoms with Crippen molar-refractivity contribution in [3.8, 4) is 11.3 Å². The molecule has 2 aromatic carbocycles. The average molecular weight is 412 g/mol. The number of guanidine groups is 1. The van der Waals surface area contributed by atoms with Gasteiger partial charge in [0.1, 0.15) is 5.82 Å². The van der Waals surface area contributed by atoms with E-state index in [0.717, 1.165) is 29.7 Å². The highest BCUT2D eigenvalue weighted by Gasteiger charge is 2.17. The van der Waals surface area contributed by atoms with E-state index in [1.807, 2.05) is 30.3 Å². The number of rotatable bonds is 5. The molecule has 1 fully saturated rings. The van der Waals surface area contributed by atoms with Crippen LogP contribution in [0.3, 0.4) is 0 Å². The van der Waals surface area contributed by atoms with Crippen LogP contribution in [0.1, 0.15) is 31.2 Å². The lowest BCUT2D eigenvalue weighted by molar-refractivity contribution is 0.627. The Morgan fingerprint density at radius 3 is 2.55 bits per heavy atom. The fraction of sp³-hybridized carbons (Fsp3) is 0.273. The van der Waals surface area contributed by atoms with Crippen molar-refractivity contribution >= 4 is 23.4 Å². The number of halogens is 2. The van der Waals surface area contributed by atoms with Gasteiger partial charge in [0.25, 0.3) is 0 Å². The van der Waals surface area contributed by atoms with Crippen LogP contribution in [0.5, 0.6) is 0 Å². The zero-order chi connectivity index (χ0) is 20.1. The zero-order valence-corrected chi connectivity index (χ0v) is 16.7. The van der Waals surface area contributed by atoms with Crippen LogP contribution in [0.2, 0.25) is 5.02 Å². The van der Waals surface area contributed by atoms with Gasteiger partial charge >= 0.3 is 0 Å². The van der Waals surface area contributed by atoms with Crippen molar-refractivity contribution < 1.29 is 4.39 Å². The van der Waals surface area contributed by atoms with Crippen LogP contribution in [0.15, 0.2) is 59.6 Å². The van der Waals surface area contributed by atoms with Crippen LogP contribution in [0, 0.1) is 5.82 Å². The van der Waals surface area contributed by atoms with Crippen LogP contribution in [0.25, 0.3) is 11.3 Å². The average Bonchev–Trinajstić information content (AvgIpc) is 3.40. The second kappa shape index (κ2) is 9.09. The van der Waals surface area contributed by atoms with E-state index >= 15 is 0 Å². The molecule has 0 aliphatic heterocycles. The molecule has 0 saturated heterocycles.